The number of aromatic nitrogens is 1. The number of aliphatic carboxylic acids is 1. The fourth-order valence-corrected chi connectivity index (χ4v) is 3.11. The normalized spacial score (nSPS) is 12.1. The molecule has 0 saturated heterocycles. The van der Waals surface area contributed by atoms with E-state index in [2.05, 4.69) is 10.3 Å². The topological polar surface area (TPSA) is 88.5 Å². The predicted octanol–water partition coefficient (Wildman–Crippen LogP) is 1.68. The quantitative estimate of drug-likeness (QED) is 0.634. The van der Waals surface area contributed by atoms with Gasteiger partial charge in [0.25, 0.3) is 0 Å². The van der Waals surface area contributed by atoms with E-state index in [9.17, 15) is 9.59 Å². The first-order chi connectivity index (χ1) is 10.0. The maximum absolute atomic E-state index is 11.6. The molecule has 1 unspecified atom stereocenters. The lowest BCUT2D eigenvalue weighted by Gasteiger charge is -2.13. The van der Waals surface area contributed by atoms with Gasteiger partial charge in [-0.15, -0.1) is 11.3 Å². The van der Waals surface area contributed by atoms with Gasteiger partial charge in [0.15, 0.2) is 0 Å². The highest BCUT2D eigenvalue weighted by Gasteiger charge is 2.13. The maximum atomic E-state index is 11.6. The predicted molar refractivity (Wildman–Crippen MR) is 83.7 cm³/mol. The molecule has 1 rings (SSSR count). The summed E-state index contributed by atoms with van der Waals surface area (Å²) in [4.78, 5) is 26.5. The number of hydrogen-bond donors (Lipinski definition) is 2. The van der Waals surface area contributed by atoms with Crippen molar-refractivity contribution in [3.63, 3.8) is 0 Å². The van der Waals surface area contributed by atoms with Crippen LogP contribution in [-0.2, 0) is 20.1 Å². The van der Waals surface area contributed by atoms with Gasteiger partial charge in [-0.25, -0.2) is 4.98 Å². The summed E-state index contributed by atoms with van der Waals surface area (Å²) >= 11 is 3.28. The monoisotopic (exact) mass is 332 g/mol. The fraction of sp³-hybridized carbons (Fsp3) is 0.615. The maximum Gasteiger partial charge on any atom is 0.306 e. The minimum absolute atomic E-state index is 0.0932. The van der Waals surface area contributed by atoms with Gasteiger partial charge in [-0.2, -0.15) is 11.8 Å². The number of hydrogen-bond acceptors (Lipinski definition) is 6. The third-order valence-corrected chi connectivity index (χ3v) is 4.47. The van der Waals surface area contributed by atoms with Crippen LogP contribution in [0.3, 0.4) is 0 Å². The summed E-state index contributed by atoms with van der Waals surface area (Å²) < 4.78 is 4.99. The minimum Gasteiger partial charge on any atom is -0.481 e. The Kier molecular flexibility index (Phi) is 8.33. The second-order valence-corrected chi connectivity index (χ2v) is 6.59. The number of amides is 1. The zero-order chi connectivity index (χ0) is 15.7. The molecule has 6 nitrogen and oxygen atoms in total. The van der Waals surface area contributed by atoms with Crippen LogP contribution in [-0.4, -0.2) is 47.5 Å². The van der Waals surface area contributed by atoms with E-state index in [0.29, 0.717) is 12.2 Å². The second-order valence-electron chi connectivity index (χ2n) is 4.42. The highest BCUT2D eigenvalue weighted by atomic mass is 32.2. The third kappa shape index (κ3) is 8.03. The average Bonchev–Trinajstić information content (AvgIpc) is 2.85. The number of thioether (sulfide) groups is 1. The Labute approximate surface area is 132 Å². The highest BCUT2D eigenvalue weighted by Crippen LogP contribution is 2.15. The summed E-state index contributed by atoms with van der Waals surface area (Å²) in [6, 6.07) is 0. The van der Waals surface area contributed by atoms with E-state index in [1.165, 1.54) is 7.11 Å². The van der Waals surface area contributed by atoms with E-state index in [0.717, 1.165) is 16.5 Å². The number of carboxylic acids is 1. The molecule has 0 radical (unpaired) electrons. The number of aryl methyl sites for hydroxylation is 1. The summed E-state index contributed by atoms with van der Waals surface area (Å²) in [6.45, 7) is 2.19. The molecule has 0 aromatic carbocycles. The summed E-state index contributed by atoms with van der Waals surface area (Å²) in [6.07, 6.45) is -0.205. The van der Waals surface area contributed by atoms with Crippen LogP contribution in [0.1, 0.15) is 23.5 Å². The lowest BCUT2D eigenvalue weighted by Crippen LogP contribution is -2.34. The molecule has 0 bridgehead atoms. The average molecular weight is 332 g/mol. The van der Waals surface area contributed by atoms with E-state index in [-0.39, 0.29) is 18.9 Å². The SMILES string of the molecule is COC(CNC(=O)CCSCc1csc(C)n1)CC(=O)O. The van der Waals surface area contributed by atoms with Gasteiger partial charge in [0.2, 0.25) is 5.91 Å². The summed E-state index contributed by atoms with van der Waals surface area (Å²) in [7, 11) is 1.44. The number of nitrogens with zero attached hydrogens (tertiary/aromatic N) is 1. The molecule has 8 heteroatoms. The third-order valence-electron chi connectivity index (χ3n) is 2.65. The number of ether oxygens (including phenoxy) is 1. The molecule has 2 N–H and O–H groups in total. The molecule has 118 valence electrons. The highest BCUT2D eigenvalue weighted by molar-refractivity contribution is 7.98. The van der Waals surface area contributed by atoms with Crippen LogP contribution in [0, 0.1) is 6.92 Å². The molecule has 0 aliphatic heterocycles. The number of thiazole rings is 1. The number of carbonyl (C=O) groups is 2. The van der Waals surface area contributed by atoms with Gasteiger partial charge in [-0.05, 0) is 6.92 Å². The Morgan fingerprint density at radius 3 is 2.90 bits per heavy atom. The molecule has 0 aliphatic carbocycles. The van der Waals surface area contributed by atoms with Crippen molar-refractivity contribution >= 4 is 35.0 Å². The fourth-order valence-electron chi connectivity index (χ4n) is 1.57. The molecule has 0 aliphatic rings. The second kappa shape index (κ2) is 9.75. The summed E-state index contributed by atoms with van der Waals surface area (Å²) in [5, 5.41) is 14.4. The lowest BCUT2D eigenvalue weighted by molar-refractivity contribution is -0.140. The van der Waals surface area contributed by atoms with Crippen molar-refractivity contribution in [2.45, 2.75) is 31.6 Å². The standard InChI is InChI=1S/C13H20N2O4S2/c1-9-15-10(8-21-9)7-20-4-3-12(16)14-6-11(19-2)5-13(17)18/h8,11H,3-7H2,1-2H3,(H,14,16)(H,17,18). The van der Waals surface area contributed by atoms with E-state index < -0.39 is 12.1 Å². The van der Waals surface area contributed by atoms with Crippen LogP contribution < -0.4 is 5.32 Å². The van der Waals surface area contributed by atoms with Gasteiger partial charge in [0, 0.05) is 37.0 Å². The minimum atomic E-state index is -0.940. The van der Waals surface area contributed by atoms with Crippen molar-refractivity contribution in [1.82, 2.24) is 10.3 Å². The molecule has 0 saturated carbocycles. The Bertz CT molecular complexity index is 465. The molecular formula is C13H20N2O4S2. The van der Waals surface area contributed by atoms with Crippen molar-refractivity contribution < 1.29 is 19.4 Å². The van der Waals surface area contributed by atoms with Gasteiger partial charge >= 0.3 is 5.97 Å². The molecule has 0 spiro atoms. The largest absolute Gasteiger partial charge is 0.481 e. The molecule has 1 atom stereocenters. The van der Waals surface area contributed by atoms with Crippen molar-refractivity contribution in [3.8, 4) is 0 Å². The number of carboxylic acid groups (broad SMARTS) is 1. The zero-order valence-corrected chi connectivity index (χ0v) is 13.8. The molecule has 0 fully saturated rings. The van der Waals surface area contributed by atoms with Crippen molar-refractivity contribution in [1.29, 1.82) is 0 Å². The van der Waals surface area contributed by atoms with E-state index in [1.54, 1.807) is 23.1 Å². The Balaban J connectivity index is 2.11. The van der Waals surface area contributed by atoms with Crippen LogP contribution in [0.2, 0.25) is 0 Å². The van der Waals surface area contributed by atoms with Gasteiger partial charge in [-0.1, -0.05) is 0 Å². The zero-order valence-electron chi connectivity index (χ0n) is 12.1. The first kappa shape index (κ1) is 17.9. The molecule has 1 aromatic heterocycles. The van der Waals surface area contributed by atoms with E-state index >= 15 is 0 Å². The first-order valence-corrected chi connectivity index (χ1v) is 8.54. The van der Waals surface area contributed by atoms with Gasteiger partial charge < -0.3 is 15.2 Å². The van der Waals surface area contributed by atoms with Gasteiger partial charge in [-0.3, -0.25) is 9.59 Å². The number of nitrogens with one attached hydrogen (secondary N) is 1. The van der Waals surface area contributed by atoms with Crippen LogP contribution in [0.15, 0.2) is 5.38 Å². The molecule has 1 amide bonds. The van der Waals surface area contributed by atoms with Crippen LogP contribution in [0.25, 0.3) is 0 Å². The first-order valence-electron chi connectivity index (χ1n) is 6.51. The smallest absolute Gasteiger partial charge is 0.306 e. The van der Waals surface area contributed by atoms with Gasteiger partial charge in [0.05, 0.1) is 23.2 Å². The Morgan fingerprint density at radius 1 is 1.57 bits per heavy atom. The molecular weight excluding hydrogens is 312 g/mol. The van der Waals surface area contributed by atoms with Crippen LogP contribution >= 0.6 is 23.1 Å². The van der Waals surface area contributed by atoms with Crippen LogP contribution in [0.5, 0.6) is 0 Å². The summed E-state index contributed by atoms with van der Waals surface area (Å²) in [5.74, 6) is 0.477. The van der Waals surface area contributed by atoms with Gasteiger partial charge in [0.1, 0.15) is 0 Å². The number of methoxy groups -OCH3 is 1. The molecule has 21 heavy (non-hydrogen) atoms. The Hall–Kier alpha value is -1.12. The molecule has 1 aromatic rings. The Morgan fingerprint density at radius 2 is 2.33 bits per heavy atom. The molecule has 1 heterocycles. The summed E-state index contributed by atoms with van der Waals surface area (Å²) in [5.41, 5.74) is 1.05. The van der Waals surface area contributed by atoms with Crippen molar-refractivity contribution in [2.24, 2.45) is 0 Å². The van der Waals surface area contributed by atoms with E-state index in [4.69, 9.17) is 9.84 Å². The van der Waals surface area contributed by atoms with Crippen molar-refractivity contribution in [3.05, 3.63) is 16.1 Å². The van der Waals surface area contributed by atoms with Crippen molar-refractivity contribution in [2.75, 3.05) is 19.4 Å². The van der Waals surface area contributed by atoms with Crippen LogP contribution in [0.4, 0.5) is 0 Å². The number of carbonyl (C=O) groups excluding carboxylic acids is 1. The lowest BCUT2D eigenvalue weighted by atomic mass is 10.2. The number of rotatable bonds is 10. The van der Waals surface area contributed by atoms with E-state index in [1.807, 2.05) is 12.3 Å².